The summed E-state index contributed by atoms with van der Waals surface area (Å²) in [5.74, 6) is 1.11. The highest BCUT2D eigenvalue weighted by Gasteiger charge is 2.42. The van der Waals surface area contributed by atoms with Crippen LogP contribution in [0.2, 0.25) is 0 Å². The molecular weight excluding hydrogens is 300 g/mol. The summed E-state index contributed by atoms with van der Waals surface area (Å²) in [4.78, 5) is 9.93. The molecule has 2 saturated heterocycles. The molecule has 0 aromatic rings. The molecule has 140 valence electrons. The summed E-state index contributed by atoms with van der Waals surface area (Å²) in [5.41, 5.74) is 0.398. The maximum absolute atomic E-state index is 5.65. The summed E-state index contributed by atoms with van der Waals surface area (Å²) < 4.78 is 5.65. The van der Waals surface area contributed by atoms with Crippen molar-refractivity contribution in [2.75, 3.05) is 59.0 Å². The molecule has 2 rings (SSSR count). The molecule has 1 atom stereocenters. The minimum atomic E-state index is 0.398. The fourth-order valence-corrected chi connectivity index (χ4v) is 3.96. The molecule has 2 aliphatic rings. The van der Waals surface area contributed by atoms with Gasteiger partial charge in [-0.25, -0.2) is 0 Å². The number of nitrogens with zero attached hydrogens (tertiary/aromatic N) is 3. The van der Waals surface area contributed by atoms with E-state index >= 15 is 0 Å². The van der Waals surface area contributed by atoms with Crippen LogP contribution in [0.3, 0.4) is 0 Å². The number of rotatable bonds is 9. The van der Waals surface area contributed by atoms with Crippen LogP contribution in [0, 0.1) is 5.41 Å². The molecule has 0 aromatic heterocycles. The summed E-state index contributed by atoms with van der Waals surface area (Å²) in [5, 5.41) is 3.49. The van der Waals surface area contributed by atoms with E-state index in [2.05, 4.69) is 35.9 Å². The van der Waals surface area contributed by atoms with Crippen molar-refractivity contribution in [2.45, 2.75) is 52.9 Å². The largest absolute Gasteiger partial charge is 0.381 e. The van der Waals surface area contributed by atoms with E-state index in [4.69, 9.17) is 9.73 Å². The molecule has 0 aliphatic carbocycles. The van der Waals surface area contributed by atoms with Gasteiger partial charge in [-0.3, -0.25) is 4.99 Å². The molecule has 2 heterocycles. The maximum Gasteiger partial charge on any atom is 0.193 e. The van der Waals surface area contributed by atoms with Crippen LogP contribution in [0.15, 0.2) is 4.99 Å². The van der Waals surface area contributed by atoms with Crippen LogP contribution >= 0.6 is 0 Å². The van der Waals surface area contributed by atoms with Crippen molar-refractivity contribution in [1.82, 2.24) is 15.1 Å². The molecule has 5 heteroatoms. The Balaban J connectivity index is 1.80. The van der Waals surface area contributed by atoms with E-state index in [9.17, 15) is 0 Å². The first-order chi connectivity index (χ1) is 11.7. The van der Waals surface area contributed by atoms with Gasteiger partial charge >= 0.3 is 0 Å². The Hall–Kier alpha value is -0.810. The fraction of sp³-hybridized carbons (Fsp3) is 0.947. The lowest BCUT2D eigenvalue weighted by Gasteiger charge is -2.25. The average molecular weight is 339 g/mol. The minimum Gasteiger partial charge on any atom is -0.381 e. The summed E-state index contributed by atoms with van der Waals surface area (Å²) in [6.45, 7) is 16.2. The number of aliphatic imine (C=N–C) groups is 1. The van der Waals surface area contributed by atoms with Gasteiger partial charge in [0, 0.05) is 38.2 Å². The first kappa shape index (κ1) is 19.5. The lowest BCUT2D eigenvalue weighted by molar-refractivity contribution is 0.156. The summed E-state index contributed by atoms with van der Waals surface area (Å²) in [7, 11) is 0. The van der Waals surface area contributed by atoms with E-state index in [0.29, 0.717) is 5.41 Å². The third-order valence-corrected chi connectivity index (χ3v) is 5.23. The Bertz CT molecular complexity index is 374. The number of hydrogen-bond acceptors (Lipinski definition) is 3. The molecular formula is C19H38N4O. The predicted molar refractivity (Wildman–Crippen MR) is 102 cm³/mol. The summed E-state index contributed by atoms with van der Waals surface area (Å²) in [6, 6.07) is 0. The third-order valence-electron chi connectivity index (χ3n) is 5.23. The topological polar surface area (TPSA) is 40.1 Å². The van der Waals surface area contributed by atoms with Crippen LogP contribution in [0.1, 0.15) is 52.9 Å². The first-order valence-corrected chi connectivity index (χ1v) is 10.1. The Kier molecular flexibility index (Phi) is 8.33. The smallest absolute Gasteiger partial charge is 0.193 e. The van der Waals surface area contributed by atoms with Crippen molar-refractivity contribution in [2.24, 2.45) is 10.4 Å². The van der Waals surface area contributed by atoms with E-state index in [1.54, 1.807) is 0 Å². The summed E-state index contributed by atoms with van der Waals surface area (Å²) in [6.07, 6.45) is 6.09. The summed E-state index contributed by atoms with van der Waals surface area (Å²) >= 11 is 0. The van der Waals surface area contributed by atoms with Crippen LogP contribution in [0.4, 0.5) is 0 Å². The van der Waals surface area contributed by atoms with Crippen molar-refractivity contribution in [3.8, 4) is 0 Å². The average Bonchev–Trinajstić information content (AvgIpc) is 3.21. The molecule has 2 fully saturated rings. The van der Waals surface area contributed by atoms with Gasteiger partial charge in [0.25, 0.3) is 0 Å². The predicted octanol–water partition coefficient (Wildman–Crippen LogP) is 2.58. The Morgan fingerprint density at radius 2 is 1.96 bits per heavy atom. The Labute approximate surface area is 148 Å². The van der Waals surface area contributed by atoms with Gasteiger partial charge in [0.2, 0.25) is 0 Å². The van der Waals surface area contributed by atoms with Crippen LogP contribution in [0.5, 0.6) is 0 Å². The maximum atomic E-state index is 5.65. The second kappa shape index (κ2) is 10.2. The molecule has 24 heavy (non-hydrogen) atoms. The highest BCUT2D eigenvalue weighted by molar-refractivity contribution is 5.80. The van der Waals surface area contributed by atoms with Crippen LogP contribution in [-0.4, -0.2) is 74.8 Å². The van der Waals surface area contributed by atoms with E-state index in [1.807, 2.05) is 0 Å². The zero-order valence-electron chi connectivity index (χ0n) is 16.1. The first-order valence-electron chi connectivity index (χ1n) is 10.1. The lowest BCUT2D eigenvalue weighted by atomic mass is 9.87. The molecule has 0 bridgehead atoms. The lowest BCUT2D eigenvalue weighted by Crippen LogP contribution is -2.41. The van der Waals surface area contributed by atoms with Gasteiger partial charge in [0.05, 0.1) is 6.61 Å². The van der Waals surface area contributed by atoms with Crippen molar-refractivity contribution in [3.05, 3.63) is 0 Å². The van der Waals surface area contributed by atoms with Gasteiger partial charge in [-0.1, -0.05) is 13.8 Å². The van der Waals surface area contributed by atoms with Crippen LogP contribution in [-0.2, 0) is 4.74 Å². The SMILES string of the molecule is CCCN(CCC)CCCN=C(NCC)N1CCC2(CCOC2)C1. The second-order valence-corrected chi connectivity index (χ2v) is 7.40. The molecule has 0 saturated carbocycles. The van der Waals surface area contributed by atoms with E-state index in [-0.39, 0.29) is 0 Å². The number of ether oxygens (including phenoxy) is 1. The number of guanidine groups is 1. The van der Waals surface area contributed by atoms with Gasteiger partial charge in [-0.2, -0.15) is 0 Å². The monoisotopic (exact) mass is 338 g/mol. The second-order valence-electron chi connectivity index (χ2n) is 7.40. The highest BCUT2D eigenvalue weighted by Crippen LogP contribution is 2.38. The minimum absolute atomic E-state index is 0.398. The molecule has 1 unspecified atom stereocenters. The van der Waals surface area contributed by atoms with E-state index in [1.165, 1.54) is 45.3 Å². The van der Waals surface area contributed by atoms with Crippen LogP contribution < -0.4 is 5.32 Å². The quantitative estimate of drug-likeness (QED) is 0.398. The molecule has 0 radical (unpaired) electrons. The molecule has 1 N–H and O–H groups in total. The molecule has 5 nitrogen and oxygen atoms in total. The zero-order valence-corrected chi connectivity index (χ0v) is 16.1. The normalized spacial score (nSPS) is 24.5. The van der Waals surface area contributed by atoms with Gasteiger partial charge < -0.3 is 19.9 Å². The zero-order chi connectivity index (χ0) is 17.3. The molecule has 0 amide bonds. The number of hydrogen-bond donors (Lipinski definition) is 1. The van der Waals surface area contributed by atoms with E-state index < -0.39 is 0 Å². The van der Waals surface area contributed by atoms with Crippen molar-refractivity contribution in [1.29, 1.82) is 0 Å². The number of nitrogens with one attached hydrogen (secondary N) is 1. The number of likely N-dealkylation sites (tertiary alicyclic amines) is 1. The van der Waals surface area contributed by atoms with E-state index in [0.717, 1.165) is 51.8 Å². The molecule has 1 spiro atoms. The third kappa shape index (κ3) is 5.62. The Morgan fingerprint density at radius 3 is 2.58 bits per heavy atom. The van der Waals surface area contributed by atoms with Gasteiger partial charge in [0.15, 0.2) is 5.96 Å². The van der Waals surface area contributed by atoms with Crippen molar-refractivity contribution >= 4 is 5.96 Å². The van der Waals surface area contributed by atoms with Crippen LogP contribution in [0.25, 0.3) is 0 Å². The standard InChI is InChI=1S/C19H38N4O/c1-4-11-22(12-5-2)13-7-10-21-18(20-6-3)23-14-8-19(16-23)9-15-24-17-19/h4-17H2,1-3H3,(H,20,21). The highest BCUT2D eigenvalue weighted by atomic mass is 16.5. The fourth-order valence-electron chi connectivity index (χ4n) is 3.96. The Morgan fingerprint density at radius 1 is 1.17 bits per heavy atom. The van der Waals surface area contributed by atoms with Crippen molar-refractivity contribution in [3.63, 3.8) is 0 Å². The van der Waals surface area contributed by atoms with Crippen molar-refractivity contribution < 1.29 is 4.74 Å². The van der Waals surface area contributed by atoms with Gasteiger partial charge in [0.1, 0.15) is 0 Å². The molecule has 0 aromatic carbocycles. The molecule has 2 aliphatic heterocycles. The van der Waals surface area contributed by atoms with Gasteiger partial charge in [-0.15, -0.1) is 0 Å². The van der Waals surface area contributed by atoms with Gasteiger partial charge in [-0.05, 0) is 58.7 Å².